The summed E-state index contributed by atoms with van der Waals surface area (Å²) in [6, 6.07) is 5.85. The smallest absolute Gasteiger partial charge is 0.317 e. The van der Waals surface area contributed by atoms with E-state index in [-0.39, 0.29) is 35.3 Å². The van der Waals surface area contributed by atoms with Gasteiger partial charge in [0.25, 0.3) is 0 Å². The Balaban J connectivity index is 2.08. The van der Waals surface area contributed by atoms with E-state index in [9.17, 15) is 18.0 Å². The monoisotopic (exact) mass is 367 g/mol. The van der Waals surface area contributed by atoms with Gasteiger partial charge in [-0.05, 0) is 39.8 Å². The molecular weight excluding hydrogens is 342 g/mol. The van der Waals surface area contributed by atoms with Crippen molar-refractivity contribution in [3.63, 3.8) is 0 Å². The highest BCUT2D eigenvalue weighted by molar-refractivity contribution is 7.89. The lowest BCUT2D eigenvalue weighted by atomic mass is 10.1. The number of sulfonamides is 1. The maximum atomic E-state index is 12.8. The zero-order valence-corrected chi connectivity index (χ0v) is 15.9. The molecule has 0 saturated carbocycles. The van der Waals surface area contributed by atoms with Gasteiger partial charge in [-0.15, -0.1) is 0 Å². The first kappa shape index (κ1) is 19.4. The molecule has 0 aliphatic carbocycles. The van der Waals surface area contributed by atoms with Crippen molar-refractivity contribution >= 4 is 21.8 Å². The number of hydrogen-bond donors (Lipinski definition) is 1. The molecule has 0 radical (unpaired) electrons. The van der Waals surface area contributed by atoms with Gasteiger partial charge in [-0.25, -0.2) is 13.2 Å². The second kappa shape index (κ2) is 7.13. The molecule has 2 amide bonds. The fourth-order valence-corrected chi connectivity index (χ4v) is 4.02. The summed E-state index contributed by atoms with van der Waals surface area (Å²) in [5.41, 5.74) is 0.0252. The van der Waals surface area contributed by atoms with Crippen LogP contribution in [0.2, 0.25) is 0 Å². The predicted octanol–water partition coefficient (Wildman–Crippen LogP) is 1.70. The minimum atomic E-state index is -3.68. The third kappa shape index (κ3) is 4.79. The van der Waals surface area contributed by atoms with Crippen LogP contribution in [-0.4, -0.2) is 61.2 Å². The summed E-state index contributed by atoms with van der Waals surface area (Å²) in [6.07, 6.45) is 0. The van der Waals surface area contributed by atoms with Crippen molar-refractivity contribution in [2.45, 2.75) is 38.1 Å². The maximum Gasteiger partial charge on any atom is 0.317 e. The van der Waals surface area contributed by atoms with Crippen LogP contribution in [0, 0.1) is 0 Å². The van der Waals surface area contributed by atoms with Crippen molar-refractivity contribution in [2.24, 2.45) is 0 Å². The van der Waals surface area contributed by atoms with Crippen molar-refractivity contribution < 1.29 is 18.0 Å². The van der Waals surface area contributed by atoms with Gasteiger partial charge in [0, 0.05) is 37.3 Å². The molecule has 0 atom stereocenters. The average Bonchev–Trinajstić information content (AvgIpc) is 2.53. The molecule has 0 spiro atoms. The van der Waals surface area contributed by atoms with Gasteiger partial charge in [-0.1, -0.05) is 12.1 Å². The topological polar surface area (TPSA) is 86.8 Å². The molecule has 0 unspecified atom stereocenters. The molecule has 7 nitrogen and oxygen atoms in total. The molecular formula is C17H25N3O4S. The fraction of sp³-hybridized carbons (Fsp3) is 0.529. The SMILES string of the molecule is CC(=O)c1cccc(S(=O)(=O)N2CCN(C(=O)NC(C)(C)C)CC2)c1. The van der Waals surface area contributed by atoms with Crippen molar-refractivity contribution in [1.29, 1.82) is 0 Å². The van der Waals surface area contributed by atoms with Crippen molar-refractivity contribution in [2.75, 3.05) is 26.2 Å². The Hall–Kier alpha value is -1.93. The Morgan fingerprint density at radius 3 is 2.20 bits per heavy atom. The highest BCUT2D eigenvalue weighted by Crippen LogP contribution is 2.19. The van der Waals surface area contributed by atoms with Crippen LogP contribution in [0.4, 0.5) is 4.79 Å². The number of carbonyl (C=O) groups excluding carboxylic acids is 2. The largest absolute Gasteiger partial charge is 0.333 e. The number of carbonyl (C=O) groups is 2. The summed E-state index contributed by atoms with van der Waals surface area (Å²) in [6.45, 7) is 8.20. The van der Waals surface area contributed by atoms with Crippen LogP contribution in [0.15, 0.2) is 29.2 Å². The lowest BCUT2D eigenvalue weighted by Gasteiger charge is -2.35. The van der Waals surface area contributed by atoms with Crippen LogP contribution in [0.1, 0.15) is 38.1 Å². The number of ketones is 1. The summed E-state index contributed by atoms with van der Waals surface area (Å²) in [7, 11) is -3.68. The highest BCUT2D eigenvalue weighted by atomic mass is 32.2. The van der Waals surface area contributed by atoms with Crippen LogP contribution in [-0.2, 0) is 10.0 Å². The first-order chi connectivity index (χ1) is 11.5. The van der Waals surface area contributed by atoms with Crippen LogP contribution in [0.3, 0.4) is 0 Å². The van der Waals surface area contributed by atoms with E-state index in [4.69, 9.17) is 0 Å². The molecule has 0 aromatic heterocycles. The fourth-order valence-electron chi connectivity index (χ4n) is 2.56. The number of piperazine rings is 1. The minimum absolute atomic E-state index is 0.104. The third-order valence-corrected chi connectivity index (χ3v) is 5.78. The lowest BCUT2D eigenvalue weighted by Crippen LogP contribution is -2.55. The third-order valence-electron chi connectivity index (χ3n) is 3.89. The molecule has 1 heterocycles. The number of rotatable bonds is 3. The quantitative estimate of drug-likeness (QED) is 0.824. The summed E-state index contributed by atoms with van der Waals surface area (Å²) in [4.78, 5) is 25.4. The summed E-state index contributed by atoms with van der Waals surface area (Å²) in [5.74, 6) is -0.180. The number of Topliss-reactive ketones (excluding diaryl/α,β-unsaturated/α-hetero) is 1. The highest BCUT2D eigenvalue weighted by Gasteiger charge is 2.31. The van der Waals surface area contributed by atoms with E-state index in [0.29, 0.717) is 18.7 Å². The van der Waals surface area contributed by atoms with Crippen LogP contribution in [0.25, 0.3) is 0 Å². The van der Waals surface area contributed by atoms with Gasteiger partial charge in [0.05, 0.1) is 4.90 Å². The molecule has 1 fully saturated rings. The van der Waals surface area contributed by atoms with E-state index >= 15 is 0 Å². The van der Waals surface area contributed by atoms with E-state index in [0.717, 1.165) is 0 Å². The van der Waals surface area contributed by atoms with Gasteiger partial charge in [-0.2, -0.15) is 4.31 Å². The molecule has 138 valence electrons. The Labute approximate surface area is 149 Å². The first-order valence-electron chi connectivity index (χ1n) is 8.19. The standard InChI is InChI=1S/C17H25N3O4S/c1-13(21)14-6-5-7-15(12-14)25(23,24)20-10-8-19(9-11-20)16(22)18-17(2,3)4/h5-7,12H,8-11H2,1-4H3,(H,18,22). The zero-order chi connectivity index (χ0) is 18.8. The van der Waals surface area contributed by atoms with Crippen molar-refractivity contribution in [3.8, 4) is 0 Å². The number of hydrogen-bond acceptors (Lipinski definition) is 4. The molecule has 25 heavy (non-hydrogen) atoms. The van der Waals surface area contributed by atoms with E-state index in [2.05, 4.69) is 5.32 Å². The van der Waals surface area contributed by atoms with E-state index in [1.807, 2.05) is 20.8 Å². The molecule has 1 aromatic carbocycles. The Morgan fingerprint density at radius 2 is 1.68 bits per heavy atom. The first-order valence-corrected chi connectivity index (χ1v) is 9.63. The molecule has 1 aliphatic heterocycles. The number of urea groups is 1. The molecule has 8 heteroatoms. The van der Waals surface area contributed by atoms with Gasteiger partial charge in [0.1, 0.15) is 0 Å². The Bertz CT molecular complexity index is 760. The summed E-state index contributed by atoms with van der Waals surface area (Å²) < 4.78 is 26.9. The van der Waals surface area contributed by atoms with Crippen LogP contribution >= 0.6 is 0 Å². The second-order valence-electron chi connectivity index (χ2n) is 7.16. The summed E-state index contributed by atoms with van der Waals surface area (Å²) >= 11 is 0. The lowest BCUT2D eigenvalue weighted by molar-refractivity contribution is 0.101. The molecule has 2 rings (SSSR count). The molecule has 1 aromatic rings. The Kier molecular flexibility index (Phi) is 5.53. The van der Waals surface area contributed by atoms with Crippen molar-refractivity contribution in [1.82, 2.24) is 14.5 Å². The van der Waals surface area contributed by atoms with Gasteiger partial charge >= 0.3 is 6.03 Å². The van der Waals surface area contributed by atoms with Crippen LogP contribution in [0.5, 0.6) is 0 Å². The predicted molar refractivity (Wildman–Crippen MR) is 95.1 cm³/mol. The molecule has 1 saturated heterocycles. The number of nitrogens with one attached hydrogen (secondary N) is 1. The van der Waals surface area contributed by atoms with Crippen LogP contribution < -0.4 is 5.32 Å². The van der Waals surface area contributed by atoms with Gasteiger partial charge < -0.3 is 10.2 Å². The number of nitrogens with zero attached hydrogens (tertiary/aromatic N) is 2. The van der Waals surface area contributed by atoms with Gasteiger partial charge in [-0.3, -0.25) is 4.79 Å². The average molecular weight is 367 g/mol. The summed E-state index contributed by atoms with van der Waals surface area (Å²) in [5, 5.41) is 2.88. The van der Waals surface area contributed by atoms with Gasteiger partial charge in [0.2, 0.25) is 10.0 Å². The van der Waals surface area contributed by atoms with E-state index in [1.54, 1.807) is 17.0 Å². The molecule has 0 bridgehead atoms. The minimum Gasteiger partial charge on any atom is -0.333 e. The second-order valence-corrected chi connectivity index (χ2v) is 9.09. The van der Waals surface area contributed by atoms with Gasteiger partial charge in [0.15, 0.2) is 5.78 Å². The van der Waals surface area contributed by atoms with E-state index in [1.165, 1.54) is 23.4 Å². The maximum absolute atomic E-state index is 12.8. The van der Waals surface area contributed by atoms with E-state index < -0.39 is 10.0 Å². The normalized spacial score (nSPS) is 16.6. The van der Waals surface area contributed by atoms with Crippen molar-refractivity contribution in [3.05, 3.63) is 29.8 Å². The number of amides is 2. The zero-order valence-electron chi connectivity index (χ0n) is 15.1. The number of benzene rings is 1. The Morgan fingerprint density at radius 1 is 1.08 bits per heavy atom. The molecule has 1 aliphatic rings. The molecule has 1 N–H and O–H groups in total.